The van der Waals surface area contributed by atoms with Crippen LogP contribution in [0.4, 0.5) is 0 Å². The van der Waals surface area contributed by atoms with E-state index in [1.807, 2.05) is 0 Å². The maximum Gasteiger partial charge on any atom is 0.224 e. The van der Waals surface area contributed by atoms with Gasteiger partial charge in [-0.05, 0) is 17.4 Å². The first-order valence-electron chi connectivity index (χ1n) is 5.66. The summed E-state index contributed by atoms with van der Waals surface area (Å²) in [6, 6.07) is 0. The van der Waals surface area contributed by atoms with Gasteiger partial charge in [0.25, 0.3) is 0 Å². The zero-order chi connectivity index (χ0) is 11.9. The van der Waals surface area contributed by atoms with E-state index in [1.54, 1.807) is 0 Å². The number of carbonyl (C=O) groups excluding carboxylic acids is 1. The van der Waals surface area contributed by atoms with Crippen molar-refractivity contribution in [2.75, 3.05) is 0 Å². The lowest BCUT2D eigenvalue weighted by atomic mass is 9.75. The Morgan fingerprint density at radius 1 is 0.933 bits per heavy atom. The summed E-state index contributed by atoms with van der Waals surface area (Å²) in [5, 5.41) is 3.05. The number of nitrogens with one attached hydrogen (secondary N) is 1. The number of rotatable bonds is 0. The second-order valence-corrected chi connectivity index (χ2v) is 6.40. The van der Waals surface area contributed by atoms with E-state index in [9.17, 15) is 4.79 Å². The van der Waals surface area contributed by atoms with Gasteiger partial charge in [-0.1, -0.05) is 41.5 Å². The minimum atomic E-state index is 0.0265. The van der Waals surface area contributed by atoms with Crippen molar-refractivity contribution in [2.24, 2.45) is 10.8 Å². The minimum Gasteiger partial charge on any atom is -0.329 e. The van der Waals surface area contributed by atoms with Gasteiger partial charge < -0.3 is 5.32 Å². The molecule has 0 bridgehead atoms. The zero-order valence-electron chi connectivity index (χ0n) is 10.8. The molecule has 0 radical (unpaired) electrons. The van der Waals surface area contributed by atoms with E-state index in [-0.39, 0.29) is 16.7 Å². The SMILES string of the molecule is CC(C)(C)C1=C(C(C)(C)C)NC(=O)CC1. The Bertz CT molecular complexity index is 299. The van der Waals surface area contributed by atoms with E-state index in [4.69, 9.17) is 0 Å². The van der Waals surface area contributed by atoms with E-state index in [0.29, 0.717) is 6.42 Å². The van der Waals surface area contributed by atoms with Gasteiger partial charge in [-0.2, -0.15) is 0 Å². The van der Waals surface area contributed by atoms with E-state index in [0.717, 1.165) is 12.1 Å². The Morgan fingerprint density at radius 3 is 1.87 bits per heavy atom. The minimum absolute atomic E-state index is 0.0265. The first-order chi connectivity index (χ1) is 6.62. The monoisotopic (exact) mass is 209 g/mol. The number of hydrogen-bond donors (Lipinski definition) is 1. The molecule has 0 saturated heterocycles. The molecule has 1 N–H and O–H groups in total. The Kier molecular flexibility index (Phi) is 2.99. The van der Waals surface area contributed by atoms with Gasteiger partial charge in [0.2, 0.25) is 5.91 Å². The van der Waals surface area contributed by atoms with Gasteiger partial charge in [0.05, 0.1) is 0 Å². The van der Waals surface area contributed by atoms with Crippen molar-refractivity contribution < 1.29 is 4.79 Å². The second-order valence-electron chi connectivity index (χ2n) is 6.40. The van der Waals surface area contributed by atoms with Crippen LogP contribution in [-0.2, 0) is 4.79 Å². The summed E-state index contributed by atoms with van der Waals surface area (Å²) >= 11 is 0. The van der Waals surface area contributed by atoms with Crippen molar-refractivity contribution in [1.82, 2.24) is 5.32 Å². The molecule has 0 aliphatic carbocycles. The highest BCUT2D eigenvalue weighted by Gasteiger charge is 2.31. The van der Waals surface area contributed by atoms with Gasteiger partial charge in [0, 0.05) is 17.5 Å². The quantitative estimate of drug-likeness (QED) is 0.652. The first kappa shape index (κ1) is 12.3. The molecule has 1 aliphatic heterocycles. The third kappa shape index (κ3) is 2.83. The highest BCUT2D eigenvalue weighted by atomic mass is 16.1. The van der Waals surface area contributed by atoms with Gasteiger partial charge in [-0.15, -0.1) is 0 Å². The lowest BCUT2D eigenvalue weighted by Gasteiger charge is -2.36. The molecule has 0 aromatic carbocycles. The standard InChI is InChI=1S/C13H23NO/c1-12(2,3)9-7-8-10(15)14-11(9)13(4,5)6/h7-8H2,1-6H3,(H,14,15). The zero-order valence-corrected chi connectivity index (χ0v) is 10.8. The molecule has 0 aromatic heterocycles. The summed E-state index contributed by atoms with van der Waals surface area (Å²) < 4.78 is 0. The van der Waals surface area contributed by atoms with E-state index in [2.05, 4.69) is 46.9 Å². The average molecular weight is 209 g/mol. The van der Waals surface area contributed by atoms with Crippen LogP contribution in [0.15, 0.2) is 11.3 Å². The lowest BCUT2D eigenvalue weighted by molar-refractivity contribution is -0.121. The van der Waals surface area contributed by atoms with Gasteiger partial charge in [0.15, 0.2) is 0 Å². The van der Waals surface area contributed by atoms with Crippen molar-refractivity contribution in [1.29, 1.82) is 0 Å². The van der Waals surface area contributed by atoms with Gasteiger partial charge in [0.1, 0.15) is 0 Å². The molecule has 1 heterocycles. The van der Waals surface area contributed by atoms with Gasteiger partial charge in [-0.3, -0.25) is 4.79 Å². The molecule has 0 fully saturated rings. The number of hydrogen-bond acceptors (Lipinski definition) is 1. The molecule has 1 amide bonds. The largest absolute Gasteiger partial charge is 0.329 e. The molecule has 1 aliphatic rings. The van der Waals surface area contributed by atoms with Crippen molar-refractivity contribution in [3.8, 4) is 0 Å². The lowest BCUT2D eigenvalue weighted by Crippen LogP contribution is -2.37. The Morgan fingerprint density at radius 2 is 1.47 bits per heavy atom. The van der Waals surface area contributed by atoms with E-state index < -0.39 is 0 Å². The summed E-state index contributed by atoms with van der Waals surface area (Å²) in [5.74, 6) is 0.160. The molecule has 15 heavy (non-hydrogen) atoms. The van der Waals surface area contributed by atoms with Gasteiger partial charge >= 0.3 is 0 Å². The molecule has 2 nitrogen and oxygen atoms in total. The molecule has 0 atom stereocenters. The summed E-state index contributed by atoms with van der Waals surface area (Å²) in [5.41, 5.74) is 2.70. The van der Waals surface area contributed by atoms with Crippen molar-refractivity contribution in [3.63, 3.8) is 0 Å². The fourth-order valence-corrected chi connectivity index (χ4v) is 2.03. The van der Waals surface area contributed by atoms with Crippen LogP contribution in [0.25, 0.3) is 0 Å². The fourth-order valence-electron chi connectivity index (χ4n) is 2.03. The third-order valence-corrected chi connectivity index (χ3v) is 2.82. The van der Waals surface area contributed by atoms with Crippen LogP contribution in [0.3, 0.4) is 0 Å². The predicted octanol–water partition coefficient (Wildman–Crippen LogP) is 3.24. The molecular weight excluding hydrogens is 186 g/mol. The summed E-state index contributed by atoms with van der Waals surface area (Å²) in [6.45, 7) is 13.1. The van der Waals surface area contributed by atoms with Crippen LogP contribution in [0, 0.1) is 10.8 Å². The summed E-state index contributed by atoms with van der Waals surface area (Å²) in [6.07, 6.45) is 1.54. The predicted molar refractivity (Wildman–Crippen MR) is 63.3 cm³/mol. The maximum absolute atomic E-state index is 11.4. The summed E-state index contributed by atoms with van der Waals surface area (Å²) in [4.78, 5) is 11.4. The Hall–Kier alpha value is -0.790. The van der Waals surface area contributed by atoms with Crippen LogP contribution in [0.1, 0.15) is 54.4 Å². The van der Waals surface area contributed by atoms with Crippen LogP contribution in [0.2, 0.25) is 0 Å². The second kappa shape index (κ2) is 3.66. The molecule has 0 saturated carbocycles. The molecule has 0 aromatic rings. The molecular formula is C13H23NO. The molecule has 0 spiro atoms. The average Bonchev–Trinajstić information content (AvgIpc) is 2.00. The molecule has 86 valence electrons. The first-order valence-corrected chi connectivity index (χ1v) is 5.66. The highest BCUT2D eigenvalue weighted by Crippen LogP contribution is 2.39. The van der Waals surface area contributed by atoms with Crippen LogP contribution < -0.4 is 5.32 Å². The molecule has 0 unspecified atom stereocenters. The van der Waals surface area contributed by atoms with E-state index >= 15 is 0 Å². The number of allylic oxidation sites excluding steroid dienone is 2. The van der Waals surface area contributed by atoms with Crippen molar-refractivity contribution in [3.05, 3.63) is 11.3 Å². The van der Waals surface area contributed by atoms with Gasteiger partial charge in [-0.25, -0.2) is 0 Å². The highest BCUT2D eigenvalue weighted by molar-refractivity contribution is 5.80. The topological polar surface area (TPSA) is 29.1 Å². The molecule has 2 heteroatoms. The smallest absolute Gasteiger partial charge is 0.224 e. The van der Waals surface area contributed by atoms with Crippen LogP contribution in [0.5, 0.6) is 0 Å². The van der Waals surface area contributed by atoms with Crippen LogP contribution >= 0.6 is 0 Å². The van der Waals surface area contributed by atoms with Crippen molar-refractivity contribution in [2.45, 2.75) is 54.4 Å². The number of carbonyl (C=O) groups is 1. The fraction of sp³-hybridized carbons (Fsp3) is 0.769. The third-order valence-electron chi connectivity index (χ3n) is 2.82. The number of amides is 1. The van der Waals surface area contributed by atoms with Crippen LogP contribution in [-0.4, -0.2) is 5.91 Å². The summed E-state index contributed by atoms with van der Waals surface area (Å²) in [7, 11) is 0. The normalized spacial score (nSPS) is 19.2. The maximum atomic E-state index is 11.4. The van der Waals surface area contributed by atoms with E-state index in [1.165, 1.54) is 5.57 Å². The Labute approximate surface area is 93.1 Å². The Balaban J connectivity index is 3.19. The molecule has 1 rings (SSSR count). The van der Waals surface area contributed by atoms with Crippen molar-refractivity contribution >= 4 is 5.91 Å².